The minimum Gasteiger partial charge on any atom is -0.393 e. The molecule has 1 aromatic carbocycles. The number of rotatable bonds is 5. The fourth-order valence-corrected chi connectivity index (χ4v) is 3.04. The van der Waals surface area contributed by atoms with Crippen LogP contribution in [0, 0.1) is 5.41 Å². The summed E-state index contributed by atoms with van der Waals surface area (Å²) in [5.41, 5.74) is 2.21. The number of aliphatic hydroxyl groups is 1. The van der Waals surface area contributed by atoms with E-state index >= 15 is 0 Å². The van der Waals surface area contributed by atoms with Gasteiger partial charge < -0.3 is 15.7 Å². The van der Waals surface area contributed by atoms with Crippen LogP contribution in [0.15, 0.2) is 24.3 Å². The summed E-state index contributed by atoms with van der Waals surface area (Å²) in [6.07, 6.45) is 1.28. The molecule has 1 heterocycles. The van der Waals surface area contributed by atoms with Crippen LogP contribution in [0.3, 0.4) is 0 Å². The lowest BCUT2D eigenvalue weighted by Gasteiger charge is -2.30. The smallest absolute Gasteiger partial charge is 0.241 e. The highest BCUT2D eigenvalue weighted by molar-refractivity contribution is 5.84. The van der Waals surface area contributed by atoms with Crippen LogP contribution >= 0.6 is 0 Å². The highest BCUT2D eigenvalue weighted by Crippen LogP contribution is 2.24. The molecule has 0 aromatic heterocycles. The summed E-state index contributed by atoms with van der Waals surface area (Å²) >= 11 is 0. The lowest BCUT2D eigenvalue weighted by atomic mass is 9.86. The minimum atomic E-state index is -0.356. The van der Waals surface area contributed by atoms with E-state index in [2.05, 4.69) is 30.5 Å². The van der Waals surface area contributed by atoms with Crippen LogP contribution in [0.25, 0.3) is 0 Å². The van der Waals surface area contributed by atoms with Crippen molar-refractivity contribution in [2.45, 2.75) is 45.8 Å². The predicted molar refractivity (Wildman–Crippen MR) is 84.0 cm³/mol. The van der Waals surface area contributed by atoms with Gasteiger partial charge in [-0.1, -0.05) is 38.1 Å². The van der Waals surface area contributed by atoms with Gasteiger partial charge in [0.2, 0.25) is 5.91 Å². The van der Waals surface area contributed by atoms with E-state index in [1.165, 1.54) is 5.56 Å². The number of benzene rings is 1. The van der Waals surface area contributed by atoms with Gasteiger partial charge in [-0.05, 0) is 36.3 Å². The maximum Gasteiger partial charge on any atom is 0.241 e. The van der Waals surface area contributed by atoms with Gasteiger partial charge in [0.25, 0.3) is 0 Å². The molecule has 1 aliphatic heterocycles. The Bertz CT molecular complexity index is 497. The number of fused-ring (bicyclic) bond motifs is 1. The highest BCUT2D eigenvalue weighted by atomic mass is 16.3. The first kappa shape index (κ1) is 16.0. The van der Waals surface area contributed by atoms with Crippen molar-refractivity contribution in [2.75, 3.05) is 13.1 Å². The van der Waals surface area contributed by atoms with Gasteiger partial charge in [-0.2, -0.15) is 0 Å². The van der Waals surface area contributed by atoms with Gasteiger partial charge in [-0.25, -0.2) is 0 Å². The van der Waals surface area contributed by atoms with E-state index in [0.717, 1.165) is 18.5 Å². The fraction of sp³-hybridized carbons (Fsp3) is 0.588. The van der Waals surface area contributed by atoms with Crippen LogP contribution in [0.5, 0.6) is 0 Å². The molecule has 2 rings (SSSR count). The summed E-state index contributed by atoms with van der Waals surface area (Å²) < 4.78 is 0. The topological polar surface area (TPSA) is 61.4 Å². The minimum absolute atomic E-state index is 0.0146. The average molecular weight is 290 g/mol. The Morgan fingerprint density at radius 1 is 1.48 bits per heavy atom. The van der Waals surface area contributed by atoms with E-state index in [9.17, 15) is 9.90 Å². The molecular weight excluding hydrogens is 264 g/mol. The first-order valence-corrected chi connectivity index (χ1v) is 7.66. The van der Waals surface area contributed by atoms with Crippen molar-refractivity contribution in [1.82, 2.24) is 10.6 Å². The van der Waals surface area contributed by atoms with Crippen molar-refractivity contribution in [3.05, 3.63) is 35.4 Å². The Morgan fingerprint density at radius 3 is 2.90 bits per heavy atom. The molecule has 3 N–H and O–H groups in total. The van der Waals surface area contributed by atoms with Crippen molar-refractivity contribution in [1.29, 1.82) is 0 Å². The van der Waals surface area contributed by atoms with Crippen LogP contribution in [0.2, 0.25) is 0 Å². The summed E-state index contributed by atoms with van der Waals surface area (Å²) in [6.45, 7) is 7.29. The van der Waals surface area contributed by atoms with Crippen molar-refractivity contribution >= 4 is 5.91 Å². The second-order valence-electron chi connectivity index (χ2n) is 6.77. The number of aliphatic hydroxyl groups excluding tert-OH is 1. The van der Waals surface area contributed by atoms with E-state index in [0.29, 0.717) is 13.0 Å². The third kappa shape index (κ3) is 4.29. The van der Waals surface area contributed by atoms with E-state index in [1.54, 1.807) is 6.92 Å². The van der Waals surface area contributed by atoms with Crippen LogP contribution in [-0.4, -0.2) is 30.2 Å². The highest BCUT2D eigenvalue weighted by Gasteiger charge is 2.27. The molecule has 2 atom stereocenters. The third-order valence-electron chi connectivity index (χ3n) is 3.96. The maximum atomic E-state index is 12.5. The van der Waals surface area contributed by atoms with Gasteiger partial charge in [0, 0.05) is 13.1 Å². The second kappa shape index (κ2) is 6.58. The number of hydrogen-bond donors (Lipinski definition) is 3. The van der Waals surface area contributed by atoms with E-state index < -0.39 is 0 Å². The molecule has 0 saturated heterocycles. The van der Waals surface area contributed by atoms with Gasteiger partial charge >= 0.3 is 0 Å². The predicted octanol–water partition coefficient (Wildman–Crippen LogP) is 1.79. The van der Waals surface area contributed by atoms with Gasteiger partial charge in [0.05, 0.1) is 6.10 Å². The second-order valence-corrected chi connectivity index (χ2v) is 6.77. The van der Waals surface area contributed by atoms with E-state index in [1.807, 2.05) is 18.2 Å². The molecule has 21 heavy (non-hydrogen) atoms. The van der Waals surface area contributed by atoms with Gasteiger partial charge in [-0.3, -0.25) is 4.79 Å². The van der Waals surface area contributed by atoms with Crippen LogP contribution in [0.4, 0.5) is 0 Å². The molecule has 0 fully saturated rings. The normalized spacial score (nSPS) is 19.7. The molecule has 4 nitrogen and oxygen atoms in total. The zero-order valence-electron chi connectivity index (χ0n) is 13.1. The summed E-state index contributed by atoms with van der Waals surface area (Å²) in [6, 6.07) is 7.84. The van der Waals surface area contributed by atoms with E-state index in [4.69, 9.17) is 0 Å². The van der Waals surface area contributed by atoms with Crippen molar-refractivity contribution in [3.63, 3.8) is 0 Å². The lowest BCUT2D eigenvalue weighted by molar-refractivity contribution is -0.124. The summed E-state index contributed by atoms with van der Waals surface area (Å²) in [4.78, 5) is 12.5. The number of amides is 1. The molecule has 1 amide bonds. The fourth-order valence-electron chi connectivity index (χ4n) is 3.04. The Balaban J connectivity index is 1.99. The largest absolute Gasteiger partial charge is 0.393 e. The first-order chi connectivity index (χ1) is 9.89. The molecule has 1 aromatic rings. The van der Waals surface area contributed by atoms with E-state index in [-0.39, 0.29) is 23.5 Å². The van der Waals surface area contributed by atoms with Crippen molar-refractivity contribution in [3.8, 4) is 0 Å². The summed E-state index contributed by atoms with van der Waals surface area (Å²) in [7, 11) is 0. The SMILES string of the molecule is CC(O)CC(C)(C)CNC(=O)C1NCCc2ccccc21. The quantitative estimate of drug-likeness (QED) is 0.775. The standard InChI is InChI=1S/C17H26N2O2/c1-12(20)10-17(2,3)11-19-16(21)15-14-7-5-4-6-13(14)8-9-18-15/h4-7,12,15,18,20H,8-11H2,1-3H3,(H,19,21). The Labute approximate surface area is 126 Å². The molecular formula is C17H26N2O2. The average Bonchev–Trinajstić information content (AvgIpc) is 2.43. The monoisotopic (exact) mass is 290 g/mol. The summed E-state index contributed by atoms with van der Waals surface area (Å²) in [5, 5.41) is 15.8. The Kier molecular flexibility index (Phi) is 5.01. The molecule has 0 radical (unpaired) electrons. The molecule has 1 aliphatic rings. The van der Waals surface area contributed by atoms with Crippen molar-refractivity contribution in [2.24, 2.45) is 5.41 Å². The van der Waals surface area contributed by atoms with Gasteiger partial charge in [0.15, 0.2) is 0 Å². The van der Waals surface area contributed by atoms with Crippen LogP contribution in [-0.2, 0) is 11.2 Å². The molecule has 116 valence electrons. The molecule has 0 spiro atoms. The van der Waals surface area contributed by atoms with Crippen LogP contribution in [0.1, 0.15) is 44.4 Å². The first-order valence-electron chi connectivity index (χ1n) is 7.66. The number of carbonyl (C=O) groups is 1. The van der Waals surface area contributed by atoms with Gasteiger partial charge in [0.1, 0.15) is 6.04 Å². The zero-order valence-corrected chi connectivity index (χ0v) is 13.1. The molecule has 0 aliphatic carbocycles. The molecule has 4 heteroatoms. The number of carbonyl (C=O) groups excluding carboxylic acids is 1. The molecule has 2 unspecified atom stereocenters. The molecule has 0 saturated carbocycles. The Morgan fingerprint density at radius 2 is 2.19 bits per heavy atom. The maximum absolute atomic E-state index is 12.5. The number of hydrogen-bond acceptors (Lipinski definition) is 3. The van der Waals surface area contributed by atoms with Crippen molar-refractivity contribution < 1.29 is 9.90 Å². The lowest BCUT2D eigenvalue weighted by Crippen LogP contribution is -2.44. The van der Waals surface area contributed by atoms with Gasteiger partial charge in [-0.15, -0.1) is 0 Å². The zero-order chi connectivity index (χ0) is 15.5. The van der Waals surface area contributed by atoms with Crippen LogP contribution < -0.4 is 10.6 Å². The Hall–Kier alpha value is -1.39. The molecule has 0 bridgehead atoms. The third-order valence-corrected chi connectivity index (χ3v) is 3.96. The summed E-state index contributed by atoms with van der Waals surface area (Å²) in [5.74, 6) is 0.0146. The number of nitrogens with one attached hydrogen (secondary N) is 2.